The van der Waals surface area contributed by atoms with E-state index in [2.05, 4.69) is 0 Å². The first-order valence-electron chi connectivity index (χ1n) is 4.36. The summed E-state index contributed by atoms with van der Waals surface area (Å²) in [5, 5.41) is 7.42. The lowest BCUT2D eigenvalue weighted by atomic mass is 10.2. The number of carboxylic acid groups (broad SMARTS) is 1. The van der Waals surface area contributed by atoms with Crippen LogP contribution in [0.15, 0.2) is 30.3 Å². The van der Waals surface area contributed by atoms with Crippen molar-refractivity contribution < 1.29 is 14.7 Å². The van der Waals surface area contributed by atoms with Gasteiger partial charge >= 0.3 is 0 Å². The highest BCUT2D eigenvalue weighted by Gasteiger charge is 1.79. The second-order valence-electron chi connectivity index (χ2n) is 2.05. The zero-order valence-electron chi connectivity index (χ0n) is 8.73. The molecule has 14 heavy (non-hydrogen) atoms. The summed E-state index contributed by atoms with van der Waals surface area (Å²) in [6, 6.07) is 9.10. The van der Waals surface area contributed by atoms with Crippen LogP contribution >= 0.6 is 0 Å². The van der Waals surface area contributed by atoms with Gasteiger partial charge in [-0.05, 0) is 0 Å². The van der Waals surface area contributed by atoms with E-state index in [0.29, 0.717) is 0 Å². The van der Waals surface area contributed by atoms with Gasteiger partial charge in [0.2, 0.25) is 0 Å². The summed E-state index contributed by atoms with van der Waals surface area (Å²) in [6.45, 7) is 5.08. The highest BCUT2D eigenvalue weighted by atomic mass is 16.4. The number of benzene rings is 1. The van der Waals surface area contributed by atoms with Crippen molar-refractivity contribution in [2.45, 2.75) is 20.8 Å². The highest BCUT2D eigenvalue weighted by Crippen LogP contribution is 1.91. The lowest BCUT2D eigenvalue weighted by Gasteiger charge is -1.81. The van der Waals surface area contributed by atoms with E-state index in [9.17, 15) is 4.79 Å². The summed E-state index contributed by atoms with van der Waals surface area (Å²) in [4.78, 5) is 19.0. The molecule has 0 saturated carbocycles. The molecule has 1 rings (SSSR count). The summed E-state index contributed by atoms with van der Waals surface area (Å²) in [6.07, 6.45) is 0.833. The molecule has 0 aliphatic rings. The van der Waals surface area contributed by atoms with Gasteiger partial charge in [-0.25, -0.2) is 0 Å². The average molecular weight is 196 g/mol. The Labute approximate surface area is 84.4 Å². The number of carbonyl (C=O) groups excluding carboxylic acids is 1. The Morgan fingerprint density at radius 3 is 1.79 bits per heavy atom. The van der Waals surface area contributed by atoms with Crippen molar-refractivity contribution in [1.82, 2.24) is 0 Å². The Hall–Kier alpha value is -1.64. The standard InChI is InChI=1S/C7H6O.C2H4O2.C2H6/c8-6-7-4-2-1-3-5-7;1-2(3)4;1-2/h1-6H;1H3,(H,3,4);1-2H3. The largest absolute Gasteiger partial charge is 0.481 e. The van der Waals surface area contributed by atoms with Crippen LogP contribution in [0, 0.1) is 0 Å². The molecule has 1 N–H and O–H groups in total. The first kappa shape index (κ1) is 14.9. The van der Waals surface area contributed by atoms with Gasteiger partial charge in [0.25, 0.3) is 5.97 Å². The molecule has 0 atom stereocenters. The smallest absolute Gasteiger partial charge is 0.300 e. The van der Waals surface area contributed by atoms with Crippen molar-refractivity contribution in [3.63, 3.8) is 0 Å². The Morgan fingerprint density at radius 1 is 1.21 bits per heavy atom. The molecule has 0 fully saturated rings. The van der Waals surface area contributed by atoms with Gasteiger partial charge in [0.05, 0.1) is 0 Å². The number of carbonyl (C=O) groups is 2. The summed E-state index contributed by atoms with van der Waals surface area (Å²) in [5.74, 6) is -0.833. The lowest BCUT2D eigenvalue weighted by molar-refractivity contribution is -0.134. The third-order valence-corrected chi connectivity index (χ3v) is 0.936. The predicted octanol–water partition coefficient (Wildman–Crippen LogP) is 2.62. The number of hydrogen-bond acceptors (Lipinski definition) is 2. The molecule has 78 valence electrons. The van der Waals surface area contributed by atoms with Crippen LogP contribution in [0.1, 0.15) is 31.1 Å². The van der Waals surface area contributed by atoms with E-state index in [4.69, 9.17) is 9.90 Å². The second kappa shape index (κ2) is 11.4. The van der Waals surface area contributed by atoms with E-state index in [-0.39, 0.29) is 0 Å². The van der Waals surface area contributed by atoms with Crippen molar-refractivity contribution in [3.8, 4) is 0 Å². The van der Waals surface area contributed by atoms with Gasteiger partial charge in [-0.2, -0.15) is 0 Å². The summed E-state index contributed by atoms with van der Waals surface area (Å²) in [7, 11) is 0. The summed E-state index contributed by atoms with van der Waals surface area (Å²) in [5.41, 5.74) is 0.729. The Bertz CT molecular complexity index is 238. The molecular weight excluding hydrogens is 180 g/mol. The van der Waals surface area contributed by atoms with Crippen LogP contribution < -0.4 is 0 Å². The van der Waals surface area contributed by atoms with E-state index in [1.807, 2.05) is 32.0 Å². The minimum absolute atomic E-state index is 0.729. The molecule has 0 aliphatic carbocycles. The van der Waals surface area contributed by atoms with Crippen LogP contribution in [0.3, 0.4) is 0 Å². The normalized spacial score (nSPS) is 7.07. The quantitative estimate of drug-likeness (QED) is 0.702. The minimum atomic E-state index is -0.833. The number of carboxylic acids is 1. The van der Waals surface area contributed by atoms with Gasteiger partial charge in [-0.3, -0.25) is 9.59 Å². The van der Waals surface area contributed by atoms with Crippen molar-refractivity contribution in [2.24, 2.45) is 0 Å². The first-order chi connectivity index (χ1) is 6.66. The molecule has 1 aromatic carbocycles. The van der Waals surface area contributed by atoms with Gasteiger partial charge in [0.1, 0.15) is 6.29 Å². The average Bonchev–Trinajstić information content (AvgIpc) is 2.21. The molecule has 0 bridgehead atoms. The molecule has 0 heterocycles. The molecule has 0 aromatic heterocycles. The molecule has 0 spiro atoms. The van der Waals surface area contributed by atoms with Crippen LogP contribution in [0.4, 0.5) is 0 Å². The maximum Gasteiger partial charge on any atom is 0.300 e. The highest BCUT2D eigenvalue weighted by molar-refractivity contribution is 5.74. The second-order valence-corrected chi connectivity index (χ2v) is 2.05. The van der Waals surface area contributed by atoms with Gasteiger partial charge < -0.3 is 5.11 Å². The Kier molecular flexibility index (Phi) is 12.1. The molecule has 0 radical (unpaired) electrons. The molecular formula is C11H16O3. The maximum absolute atomic E-state index is 10.0. The molecule has 0 unspecified atom stereocenters. The van der Waals surface area contributed by atoms with Crippen LogP contribution in [-0.2, 0) is 4.79 Å². The summed E-state index contributed by atoms with van der Waals surface area (Å²) < 4.78 is 0. The van der Waals surface area contributed by atoms with E-state index in [0.717, 1.165) is 18.8 Å². The first-order valence-corrected chi connectivity index (χ1v) is 4.36. The van der Waals surface area contributed by atoms with Crippen LogP contribution in [0.5, 0.6) is 0 Å². The van der Waals surface area contributed by atoms with E-state index in [1.54, 1.807) is 12.1 Å². The third kappa shape index (κ3) is 13.0. The predicted molar refractivity (Wildman–Crippen MR) is 56.5 cm³/mol. The molecule has 0 saturated heterocycles. The van der Waals surface area contributed by atoms with Gasteiger partial charge in [-0.15, -0.1) is 0 Å². The zero-order valence-corrected chi connectivity index (χ0v) is 8.73. The van der Waals surface area contributed by atoms with Crippen LogP contribution in [-0.4, -0.2) is 17.4 Å². The van der Waals surface area contributed by atoms with E-state index in [1.165, 1.54) is 0 Å². The van der Waals surface area contributed by atoms with Gasteiger partial charge in [0.15, 0.2) is 0 Å². The van der Waals surface area contributed by atoms with E-state index < -0.39 is 5.97 Å². The fourth-order valence-corrected chi connectivity index (χ4v) is 0.532. The Morgan fingerprint density at radius 2 is 1.57 bits per heavy atom. The van der Waals surface area contributed by atoms with E-state index >= 15 is 0 Å². The fraction of sp³-hybridized carbons (Fsp3) is 0.273. The van der Waals surface area contributed by atoms with Gasteiger partial charge in [-0.1, -0.05) is 44.2 Å². The molecule has 3 nitrogen and oxygen atoms in total. The Balaban J connectivity index is 0. The molecule has 0 amide bonds. The summed E-state index contributed by atoms with van der Waals surface area (Å²) >= 11 is 0. The topological polar surface area (TPSA) is 54.4 Å². The minimum Gasteiger partial charge on any atom is -0.481 e. The number of aliphatic carboxylic acids is 1. The van der Waals surface area contributed by atoms with Crippen LogP contribution in [0.2, 0.25) is 0 Å². The molecule has 1 aromatic rings. The van der Waals surface area contributed by atoms with Crippen molar-refractivity contribution in [1.29, 1.82) is 0 Å². The van der Waals surface area contributed by atoms with Crippen molar-refractivity contribution >= 4 is 12.3 Å². The fourth-order valence-electron chi connectivity index (χ4n) is 0.532. The third-order valence-electron chi connectivity index (χ3n) is 0.936. The number of hydrogen-bond donors (Lipinski definition) is 1. The van der Waals surface area contributed by atoms with Gasteiger partial charge in [0, 0.05) is 12.5 Å². The number of rotatable bonds is 1. The molecule has 3 heteroatoms. The lowest BCUT2D eigenvalue weighted by Crippen LogP contribution is -1.78. The van der Waals surface area contributed by atoms with Crippen LogP contribution in [0.25, 0.3) is 0 Å². The van der Waals surface area contributed by atoms with Crippen molar-refractivity contribution in [3.05, 3.63) is 35.9 Å². The number of aldehydes is 1. The molecule has 0 aliphatic heterocycles. The zero-order chi connectivity index (χ0) is 11.4. The SMILES string of the molecule is CC.CC(=O)O.O=Cc1ccccc1. The maximum atomic E-state index is 10.0. The monoisotopic (exact) mass is 196 g/mol. The van der Waals surface area contributed by atoms with Crippen molar-refractivity contribution in [2.75, 3.05) is 0 Å².